The summed E-state index contributed by atoms with van der Waals surface area (Å²) >= 11 is 0. The molecule has 1 unspecified atom stereocenters. The lowest BCUT2D eigenvalue weighted by atomic mass is 10.1. The number of ether oxygens (including phenoxy) is 2. The topological polar surface area (TPSA) is 72.8 Å². The van der Waals surface area contributed by atoms with Crippen LogP contribution in [0.25, 0.3) is 0 Å². The first-order valence-corrected chi connectivity index (χ1v) is 15.2. The summed E-state index contributed by atoms with van der Waals surface area (Å²) in [6.45, 7) is 3.76. The van der Waals surface area contributed by atoms with E-state index in [1.54, 1.807) is 0 Å². The summed E-state index contributed by atoms with van der Waals surface area (Å²) in [6.07, 6.45) is 40.6. The molecule has 0 aliphatic rings. The zero-order valence-electron chi connectivity index (χ0n) is 25.1. The molecule has 0 aromatic heterocycles. The van der Waals surface area contributed by atoms with Crippen molar-refractivity contribution in [1.82, 2.24) is 0 Å². The Hall–Kier alpha value is -2.92. The SMILES string of the molecule is CC/C=C/C=C/C=C/C=C/CCCCCC(=O)OCC(CO)OC(=O)CCCCCCC/C=C/C=C/C=C/CC. The van der Waals surface area contributed by atoms with Gasteiger partial charge >= 0.3 is 11.9 Å². The molecule has 0 amide bonds. The van der Waals surface area contributed by atoms with E-state index in [1.165, 1.54) is 0 Å². The van der Waals surface area contributed by atoms with Crippen LogP contribution in [0.5, 0.6) is 0 Å². The van der Waals surface area contributed by atoms with E-state index in [4.69, 9.17) is 9.47 Å². The van der Waals surface area contributed by atoms with Gasteiger partial charge in [-0.3, -0.25) is 9.59 Å². The predicted octanol–water partition coefficient (Wildman–Crippen LogP) is 8.83. The maximum absolute atomic E-state index is 12.1. The minimum atomic E-state index is -0.801. The second kappa shape index (κ2) is 30.6. The van der Waals surface area contributed by atoms with Crippen molar-refractivity contribution in [2.75, 3.05) is 13.2 Å². The van der Waals surface area contributed by atoms with Crippen LogP contribution in [-0.4, -0.2) is 36.4 Å². The zero-order chi connectivity index (χ0) is 29.4. The van der Waals surface area contributed by atoms with E-state index in [0.717, 1.165) is 77.0 Å². The maximum Gasteiger partial charge on any atom is 0.306 e. The van der Waals surface area contributed by atoms with Gasteiger partial charge in [0.05, 0.1) is 6.61 Å². The highest BCUT2D eigenvalue weighted by Crippen LogP contribution is 2.10. The first-order chi connectivity index (χ1) is 19.6. The van der Waals surface area contributed by atoms with E-state index in [2.05, 4.69) is 50.3 Å². The van der Waals surface area contributed by atoms with Gasteiger partial charge in [-0.25, -0.2) is 0 Å². The van der Waals surface area contributed by atoms with Crippen molar-refractivity contribution in [1.29, 1.82) is 0 Å². The van der Waals surface area contributed by atoms with Gasteiger partial charge in [0.15, 0.2) is 6.10 Å². The van der Waals surface area contributed by atoms with Gasteiger partial charge in [0.25, 0.3) is 0 Å². The fraction of sp³-hybridized carbons (Fsp3) is 0.543. The van der Waals surface area contributed by atoms with Crippen molar-refractivity contribution in [3.63, 3.8) is 0 Å². The van der Waals surface area contributed by atoms with E-state index in [0.29, 0.717) is 12.8 Å². The molecule has 0 bridgehead atoms. The molecule has 40 heavy (non-hydrogen) atoms. The lowest BCUT2D eigenvalue weighted by Gasteiger charge is -2.15. The molecule has 5 nitrogen and oxygen atoms in total. The molecule has 0 aromatic rings. The van der Waals surface area contributed by atoms with Crippen LogP contribution >= 0.6 is 0 Å². The van der Waals surface area contributed by atoms with Crippen LogP contribution < -0.4 is 0 Å². The van der Waals surface area contributed by atoms with Gasteiger partial charge in [-0.05, 0) is 51.4 Å². The molecule has 5 heteroatoms. The summed E-state index contributed by atoms with van der Waals surface area (Å²) in [7, 11) is 0. The molecular formula is C35H54O5. The number of unbranched alkanes of at least 4 members (excludes halogenated alkanes) is 8. The van der Waals surface area contributed by atoms with E-state index in [-0.39, 0.29) is 25.2 Å². The third kappa shape index (κ3) is 28.1. The molecule has 0 saturated carbocycles. The van der Waals surface area contributed by atoms with Crippen molar-refractivity contribution in [3.8, 4) is 0 Å². The highest BCUT2D eigenvalue weighted by Gasteiger charge is 2.16. The van der Waals surface area contributed by atoms with Crippen LogP contribution in [0.2, 0.25) is 0 Å². The average molecular weight is 555 g/mol. The molecule has 0 aromatic carbocycles. The van der Waals surface area contributed by atoms with Gasteiger partial charge < -0.3 is 14.6 Å². The number of aliphatic hydroxyl groups is 1. The second-order valence-electron chi connectivity index (χ2n) is 9.57. The minimum Gasteiger partial charge on any atom is -0.462 e. The van der Waals surface area contributed by atoms with Crippen molar-refractivity contribution in [3.05, 3.63) is 85.1 Å². The number of hydrogen-bond acceptors (Lipinski definition) is 5. The maximum atomic E-state index is 12.1. The summed E-state index contributed by atoms with van der Waals surface area (Å²) in [6, 6.07) is 0. The molecule has 224 valence electrons. The molecule has 0 rings (SSSR count). The van der Waals surface area contributed by atoms with E-state index >= 15 is 0 Å². The molecule has 0 aliphatic heterocycles. The van der Waals surface area contributed by atoms with Crippen LogP contribution in [0, 0.1) is 0 Å². The Labute approximate surface area is 244 Å². The summed E-state index contributed by atoms with van der Waals surface area (Å²) in [5.41, 5.74) is 0. The minimum absolute atomic E-state index is 0.101. The monoisotopic (exact) mass is 554 g/mol. The number of esters is 2. The van der Waals surface area contributed by atoms with E-state index in [1.807, 2.05) is 48.6 Å². The Balaban J connectivity index is 3.76. The lowest BCUT2D eigenvalue weighted by Crippen LogP contribution is -2.28. The summed E-state index contributed by atoms with van der Waals surface area (Å²) in [4.78, 5) is 24.0. The van der Waals surface area contributed by atoms with E-state index < -0.39 is 6.10 Å². The summed E-state index contributed by atoms with van der Waals surface area (Å²) in [5.74, 6) is -0.676. The fourth-order valence-corrected chi connectivity index (χ4v) is 3.56. The number of allylic oxidation sites excluding steroid dienone is 14. The fourth-order valence-electron chi connectivity index (χ4n) is 3.56. The lowest BCUT2D eigenvalue weighted by molar-refractivity contribution is -0.161. The van der Waals surface area contributed by atoms with Crippen LogP contribution in [0.3, 0.4) is 0 Å². The number of rotatable bonds is 25. The molecular weight excluding hydrogens is 500 g/mol. The highest BCUT2D eigenvalue weighted by molar-refractivity contribution is 5.70. The normalized spacial score (nSPS) is 13.4. The van der Waals surface area contributed by atoms with Gasteiger partial charge in [-0.2, -0.15) is 0 Å². The Kier molecular flexibility index (Phi) is 28.4. The quantitative estimate of drug-likeness (QED) is 0.0693. The first-order valence-electron chi connectivity index (χ1n) is 15.2. The first kappa shape index (κ1) is 37.1. The van der Waals surface area contributed by atoms with Gasteiger partial charge in [0, 0.05) is 12.8 Å². The number of carbonyl (C=O) groups excluding carboxylic acids is 2. The molecule has 1 atom stereocenters. The molecule has 1 N–H and O–H groups in total. The van der Waals surface area contributed by atoms with Gasteiger partial charge in [0.2, 0.25) is 0 Å². The predicted molar refractivity (Wildman–Crippen MR) is 168 cm³/mol. The van der Waals surface area contributed by atoms with Crippen molar-refractivity contribution in [2.24, 2.45) is 0 Å². The largest absolute Gasteiger partial charge is 0.462 e. The molecule has 0 fully saturated rings. The zero-order valence-corrected chi connectivity index (χ0v) is 25.1. The molecule has 0 heterocycles. The Bertz CT molecular complexity index is 814. The Morgan fingerprint density at radius 1 is 0.575 bits per heavy atom. The van der Waals surface area contributed by atoms with Gasteiger partial charge in [-0.15, -0.1) is 0 Å². The average Bonchev–Trinajstić information content (AvgIpc) is 2.96. The van der Waals surface area contributed by atoms with Crippen LogP contribution in [0.4, 0.5) is 0 Å². The van der Waals surface area contributed by atoms with Crippen LogP contribution in [0.1, 0.15) is 104 Å². The third-order valence-corrected chi connectivity index (χ3v) is 5.84. The Morgan fingerprint density at radius 2 is 1.00 bits per heavy atom. The smallest absolute Gasteiger partial charge is 0.306 e. The number of carbonyl (C=O) groups is 2. The van der Waals surface area contributed by atoms with Gasteiger partial charge in [0.1, 0.15) is 6.61 Å². The number of hydrogen-bond donors (Lipinski definition) is 1. The van der Waals surface area contributed by atoms with Crippen LogP contribution in [0.15, 0.2) is 85.1 Å². The number of aliphatic hydroxyl groups excluding tert-OH is 1. The van der Waals surface area contributed by atoms with Crippen LogP contribution in [-0.2, 0) is 19.1 Å². The molecule has 0 aliphatic carbocycles. The summed E-state index contributed by atoms with van der Waals surface area (Å²) in [5, 5.41) is 9.47. The molecule has 0 spiro atoms. The second-order valence-corrected chi connectivity index (χ2v) is 9.57. The standard InChI is InChI=1S/C35H54O5/c1-3-5-7-9-11-13-15-17-19-21-23-25-27-29-34(37)39-32-33(31-36)40-35(38)30-28-26-24-22-20-18-16-14-12-10-8-6-4-2/h5-17,19,33,36H,3-4,18,20-32H2,1-2H3/b7-5+,8-6+,11-9+,12-10+,15-13+,16-14+,19-17+. The Morgan fingerprint density at radius 3 is 1.52 bits per heavy atom. The van der Waals surface area contributed by atoms with Crippen molar-refractivity contribution in [2.45, 2.75) is 110 Å². The third-order valence-electron chi connectivity index (χ3n) is 5.84. The van der Waals surface area contributed by atoms with Gasteiger partial charge in [-0.1, -0.05) is 125 Å². The van der Waals surface area contributed by atoms with E-state index in [9.17, 15) is 14.7 Å². The molecule has 0 radical (unpaired) electrons. The molecule has 0 saturated heterocycles. The highest BCUT2D eigenvalue weighted by atomic mass is 16.6. The van der Waals surface area contributed by atoms with Crippen molar-refractivity contribution < 1.29 is 24.2 Å². The summed E-state index contributed by atoms with van der Waals surface area (Å²) < 4.78 is 10.5. The van der Waals surface area contributed by atoms with Crippen molar-refractivity contribution >= 4 is 11.9 Å².